The van der Waals surface area contributed by atoms with Crippen molar-refractivity contribution in [3.8, 4) is 17.2 Å². The van der Waals surface area contributed by atoms with Crippen molar-refractivity contribution in [2.45, 2.75) is 13.1 Å². The number of hydrogen-bond donors (Lipinski definition) is 1. The minimum Gasteiger partial charge on any atom is -0.508 e. The lowest BCUT2D eigenvalue weighted by Crippen LogP contribution is -2.23. The molecule has 0 atom stereocenters. The van der Waals surface area contributed by atoms with Gasteiger partial charge in [-0.1, -0.05) is 24.3 Å². The molecule has 3 aromatic rings. The van der Waals surface area contributed by atoms with E-state index < -0.39 is 0 Å². The average Bonchev–Trinajstić information content (AvgIpc) is 2.68. The lowest BCUT2D eigenvalue weighted by molar-refractivity contribution is 0.414. The summed E-state index contributed by atoms with van der Waals surface area (Å²) in [6, 6.07) is 19.1. The second-order valence-corrected chi connectivity index (χ2v) is 5.92. The number of aromatic hydroxyl groups is 1. The fraction of sp³-hybridized carbons (Fsp3) is 0.190. The number of methoxy groups -OCH3 is 2. The molecule has 5 nitrogen and oxygen atoms in total. The maximum atomic E-state index is 9.83. The van der Waals surface area contributed by atoms with E-state index in [1.165, 1.54) is 0 Å². The molecule has 5 heteroatoms. The molecule has 0 fully saturated rings. The first-order valence-electron chi connectivity index (χ1n) is 8.34. The molecule has 1 N–H and O–H groups in total. The number of aromatic nitrogens is 1. The summed E-state index contributed by atoms with van der Waals surface area (Å²) < 4.78 is 10.4. The summed E-state index contributed by atoms with van der Waals surface area (Å²) in [5, 5.41) is 9.83. The zero-order valence-electron chi connectivity index (χ0n) is 14.9. The molecular weight excluding hydrogens is 328 g/mol. The Labute approximate surface area is 153 Å². The molecule has 3 rings (SSSR count). The lowest BCUT2D eigenvalue weighted by atomic mass is 10.1. The SMILES string of the molecule is COc1ccc(CN(Cc2ccc(OC)cc2)c2cc(O)ccn2)cc1. The number of benzene rings is 2. The summed E-state index contributed by atoms with van der Waals surface area (Å²) >= 11 is 0. The third-order valence-corrected chi connectivity index (χ3v) is 4.12. The van der Waals surface area contributed by atoms with Crippen molar-refractivity contribution in [1.29, 1.82) is 0 Å². The molecule has 0 radical (unpaired) electrons. The van der Waals surface area contributed by atoms with Crippen molar-refractivity contribution >= 4 is 5.82 Å². The Kier molecular flexibility index (Phi) is 5.59. The fourth-order valence-electron chi connectivity index (χ4n) is 2.70. The Morgan fingerprint density at radius 2 is 1.31 bits per heavy atom. The van der Waals surface area contributed by atoms with Gasteiger partial charge in [-0.3, -0.25) is 0 Å². The second kappa shape index (κ2) is 8.25. The zero-order valence-corrected chi connectivity index (χ0v) is 14.9. The zero-order chi connectivity index (χ0) is 18.4. The predicted molar refractivity (Wildman–Crippen MR) is 102 cm³/mol. The monoisotopic (exact) mass is 350 g/mol. The highest BCUT2D eigenvalue weighted by atomic mass is 16.5. The summed E-state index contributed by atoms with van der Waals surface area (Å²) in [7, 11) is 3.31. The van der Waals surface area contributed by atoms with Gasteiger partial charge >= 0.3 is 0 Å². The Balaban J connectivity index is 1.84. The highest BCUT2D eigenvalue weighted by Gasteiger charge is 2.11. The van der Waals surface area contributed by atoms with Gasteiger partial charge in [0.25, 0.3) is 0 Å². The first-order valence-corrected chi connectivity index (χ1v) is 8.34. The number of rotatable bonds is 7. The molecule has 2 aromatic carbocycles. The number of pyridine rings is 1. The molecular formula is C21H22N2O3. The van der Waals surface area contributed by atoms with Gasteiger partial charge in [-0.2, -0.15) is 0 Å². The van der Waals surface area contributed by atoms with E-state index in [1.807, 2.05) is 48.5 Å². The van der Waals surface area contributed by atoms with Crippen LogP contribution in [0.2, 0.25) is 0 Å². The topological polar surface area (TPSA) is 54.8 Å². The van der Waals surface area contributed by atoms with Crippen molar-refractivity contribution in [3.63, 3.8) is 0 Å². The van der Waals surface area contributed by atoms with E-state index in [-0.39, 0.29) is 5.75 Å². The van der Waals surface area contributed by atoms with E-state index in [2.05, 4.69) is 9.88 Å². The molecule has 0 unspecified atom stereocenters. The van der Waals surface area contributed by atoms with Crippen LogP contribution in [0, 0.1) is 0 Å². The minimum absolute atomic E-state index is 0.199. The van der Waals surface area contributed by atoms with Crippen molar-refractivity contribution in [2.24, 2.45) is 0 Å². The molecule has 26 heavy (non-hydrogen) atoms. The molecule has 0 aliphatic carbocycles. The van der Waals surface area contributed by atoms with Crippen LogP contribution in [0.4, 0.5) is 5.82 Å². The molecule has 0 amide bonds. The Morgan fingerprint density at radius 3 is 1.73 bits per heavy atom. The number of anilines is 1. The molecule has 0 aliphatic heterocycles. The van der Waals surface area contributed by atoms with Gasteiger partial charge in [0, 0.05) is 25.4 Å². The van der Waals surface area contributed by atoms with E-state index in [9.17, 15) is 5.11 Å². The van der Waals surface area contributed by atoms with Crippen LogP contribution >= 0.6 is 0 Å². The van der Waals surface area contributed by atoms with Gasteiger partial charge in [0.05, 0.1) is 14.2 Å². The molecule has 0 saturated heterocycles. The standard InChI is InChI=1S/C21H22N2O3/c1-25-19-7-3-16(4-8-19)14-23(21-13-18(24)11-12-22-21)15-17-5-9-20(26-2)10-6-17/h3-13H,14-15H2,1-2H3,(H,22,24). The smallest absolute Gasteiger partial charge is 0.132 e. The maximum absolute atomic E-state index is 9.83. The van der Waals surface area contributed by atoms with Crippen molar-refractivity contribution in [3.05, 3.63) is 78.0 Å². The summed E-state index contributed by atoms with van der Waals surface area (Å²) in [5.74, 6) is 2.57. The van der Waals surface area contributed by atoms with Gasteiger partial charge in [-0.25, -0.2) is 4.98 Å². The Morgan fingerprint density at radius 1 is 0.808 bits per heavy atom. The van der Waals surface area contributed by atoms with E-state index in [4.69, 9.17) is 9.47 Å². The highest BCUT2D eigenvalue weighted by Crippen LogP contribution is 2.23. The first kappa shape index (κ1) is 17.6. The van der Waals surface area contributed by atoms with Gasteiger partial charge in [0.15, 0.2) is 0 Å². The second-order valence-electron chi connectivity index (χ2n) is 5.92. The van der Waals surface area contributed by atoms with Crippen LogP contribution < -0.4 is 14.4 Å². The van der Waals surface area contributed by atoms with Gasteiger partial charge in [0.2, 0.25) is 0 Å². The molecule has 0 saturated carbocycles. The number of hydrogen-bond acceptors (Lipinski definition) is 5. The minimum atomic E-state index is 0.199. The summed E-state index contributed by atoms with van der Waals surface area (Å²) in [6.45, 7) is 1.32. The van der Waals surface area contributed by atoms with Crippen LogP contribution in [0.15, 0.2) is 66.9 Å². The van der Waals surface area contributed by atoms with Crippen LogP contribution in [0.5, 0.6) is 17.2 Å². The fourth-order valence-corrected chi connectivity index (χ4v) is 2.70. The number of nitrogens with zero attached hydrogens (tertiary/aromatic N) is 2. The highest BCUT2D eigenvalue weighted by molar-refractivity contribution is 5.45. The van der Waals surface area contributed by atoms with E-state index >= 15 is 0 Å². The third-order valence-electron chi connectivity index (χ3n) is 4.12. The van der Waals surface area contributed by atoms with Crippen LogP contribution in [0.25, 0.3) is 0 Å². The van der Waals surface area contributed by atoms with Crippen molar-refractivity contribution < 1.29 is 14.6 Å². The summed E-state index contributed by atoms with van der Waals surface area (Å²) in [6.07, 6.45) is 1.61. The molecule has 0 spiro atoms. The molecule has 0 bridgehead atoms. The Hall–Kier alpha value is -3.21. The summed E-state index contributed by atoms with van der Waals surface area (Å²) in [5.41, 5.74) is 2.26. The van der Waals surface area contributed by atoms with Crippen LogP contribution in [0.1, 0.15) is 11.1 Å². The lowest BCUT2D eigenvalue weighted by Gasteiger charge is -2.24. The maximum Gasteiger partial charge on any atom is 0.132 e. The van der Waals surface area contributed by atoms with Gasteiger partial charge in [-0.15, -0.1) is 0 Å². The van der Waals surface area contributed by atoms with Crippen LogP contribution in [0.3, 0.4) is 0 Å². The van der Waals surface area contributed by atoms with Gasteiger partial charge in [-0.05, 0) is 41.5 Å². The molecule has 1 aromatic heterocycles. The van der Waals surface area contributed by atoms with E-state index in [1.54, 1.807) is 32.5 Å². The quantitative estimate of drug-likeness (QED) is 0.698. The van der Waals surface area contributed by atoms with Gasteiger partial charge < -0.3 is 19.5 Å². The molecule has 1 heterocycles. The van der Waals surface area contributed by atoms with E-state index in [0.29, 0.717) is 13.1 Å². The van der Waals surface area contributed by atoms with Gasteiger partial charge in [0.1, 0.15) is 23.1 Å². The molecule has 134 valence electrons. The third kappa shape index (κ3) is 4.45. The molecule has 0 aliphatic rings. The van der Waals surface area contributed by atoms with Crippen molar-refractivity contribution in [2.75, 3.05) is 19.1 Å². The number of ether oxygens (including phenoxy) is 2. The van der Waals surface area contributed by atoms with E-state index in [0.717, 1.165) is 28.4 Å². The largest absolute Gasteiger partial charge is 0.508 e. The van der Waals surface area contributed by atoms with Crippen LogP contribution in [-0.4, -0.2) is 24.3 Å². The predicted octanol–water partition coefficient (Wildman–Crippen LogP) is 4.01. The first-order chi connectivity index (χ1) is 12.7. The normalized spacial score (nSPS) is 10.4. The Bertz CT molecular complexity index is 783. The van der Waals surface area contributed by atoms with Crippen molar-refractivity contribution in [1.82, 2.24) is 4.98 Å². The van der Waals surface area contributed by atoms with Crippen LogP contribution in [-0.2, 0) is 13.1 Å². The average molecular weight is 350 g/mol. The summed E-state index contributed by atoms with van der Waals surface area (Å²) in [4.78, 5) is 6.53.